The van der Waals surface area contributed by atoms with Gasteiger partial charge in [0, 0.05) is 0 Å². The first-order chi connectivity index (χ1) is 6.49. The first-order valence-electron chi connectivity index (χ1n) is 3.57. The van der Waals surface area contributed by atoms with Crippen molar-refractivity contribution in [3.05, 3.63) is 16.1 Å². The smallest absolute Gasteiger partial charge is 0.339 e. The number of carboxylic acid groups (broad SMARTS) is 1. The predicted molar refractivity (Wildman–Crippen MR) is 53.7 cm³/mol. The molecule has 0 fully saturated rings. The summed E-state index contributed by atoms with van der Waals surface area (Å²) in [5.41, 5.74) is 5.10. The van der Waals surface area contributed by atoms with Crippen LogP contribution in [-0.4, -0.2) is 23.3 Å². The van der Waals surface area contributed by atoms with Crippen LogP contribution in [0.1, 0.15) is 10.4 Å². The first kappa shape index (κ1) is 10.6. The molecule has 14 heavy (non-hydrogen) atoms. The van der Waals surface area contributed by atoms with Gasteiger partial charge in [0.25, 0.3) is 0 Å². The molecule has 76 valence electrons. The topological polar surface area (TPSA) is 92.8 Å². The third kappa shape index (κ3) is 1.60. The molecular formula is C8H8BrNO4. The van der Waals surface area contributed by atoms with Gasteiger partial charge in [0.2, 0.25) is 0 Å². The van der Waals surface area contributed by atoms with Crippen LogP contribution >= 0.6 is 15.9 Å². The number of benzene rings is 1. The Kier molecular flexibility index (Phi) is 2.85. The lowest BCUT2D eigenvalue weighted by Gasteiger charge is -2.10. The SMILES string of the molecule is COc1c(Br)cc(C(=O)O)c(O)c1N. The van der Waals surface area contributed by atoms with Crippen molar-refractivity contribution in [2.24, 2.45) is 0 Å². The highest BCUT2D eigenvalue weighted by Gasteiger charge is 2.18. The minimum absolute atomic E-state index is 0.0979. The molecule has 0 bridgehead atoms. The Bertz CT molecular complexity index is 391. The highest BCUT2D eigenvalue weighted by Crippen LogP contribution is 2.40. The van der Waals surface area contributed by atoms with Crippen LogP contribution in [0.15, 0.2) is 10.5 Å². The van der Waals surface area contributed by atoms with E-state index in [0.717, 1.165) is 0 Å². The van der Waals surface area contributed by atoms with Crippen LogP contribution in [0.2, 0.25) is 0 Å². The van der Waals surface area contributed by atoms with Crippen molar-refractivity contribution in [1.29, 1.82) is 0 Å². The zero-order valence-electron chi connectivity index (χ0n) is 7.24. The largest absolute Gasteiger partial charge is 0.505 e. The van der Waals surface area contributed by atoms with Crippen LogP contribution in [0.25, 0.3) is 0 Å². The van der Waals surface area contributed by atoms with E-state index < -0.39 is 11.7 Å². The lowest BCUT2D eigenvalue weighted by Crippen LogP contribution is -2.02. The van der Waals surface area contributed by atoms with Gasteiger partial charge in [0.15, 0.2) is 11.5 Å². The van der Waals surface area contributed by atoms with Crippen LogP contribution in [0.3, 0.4) is 0 Å². The van der Waals surface area contributed by atoms with Gasteiger partial charge in [-0.1, -0.05) is 0 Å². The van der Waals surface area contributed by atoms with E-state index in [1.54, 1.807) is 0 Å². The first-order valence-corrected chi connectivity index (χ1v) is 4.36. The Balaban J connectivity index is 3.47. The number of aromatic carboxylic acids is 1. The normalized spacial score (nSPS) is 9.86. The summed E-state index contributed by atoms with van der Waals surface area (Å²) in [6.45, 7) is 0. The summed E-state index contributed by atoms with van der Waals surface area (Å²) in [5.74, 6) is -1.53. The number of hydrogen-bond acceptors (Lipinski definition) is 4. The Morgan fingerprint density at radius 1 is 1.64 bits per heavy atom. The summed E-state index contributed by atoms with van der Waals surface area (Å²) >= 11 is 3.08. The molecule has 0 spiro atoms. The zero-order chi connectivity index (χ0) is 10.9. The molecule has 0 aliphatic rings. The van der Waals surface area contributed by atoms with E-state index in [1.807, 2.05) is 0 Å². The highest BCUT2D eigenvalue weighted by atomic mass is 79.9. The fourth-order valence-electron chi connectivity index (χ4n) is 1.01. The van der Waals surface area contributed by atoms with Crippen molar-refractivity contribution in [2.45, 2.75) is 0 Å². The number of hydrogen-bond donors (Lipinski definition) is 3. The fourth-order valence-corrected chi connectivity index (χ4v) is 1.62. The number of nitrogens with two attached hydrogens (primary N) is 1. The number of methoxy groups -OCH3 is 1. The van der Waals surface area contributed by atoms with Gasteiger partial charge in [0.05, 0.1) is 11.6 Å². The van der Waals surface area contributed by atoms with Crippen LogP contribution in [-0.2, 0) is 0 Å². The van der Waals surface area contributed by atoms with Crippen LogP contribution < -0.4 is 10.5 Å². The Morgan fingerprint density at radius 3 is 2.64 bits per heavy atom. The van der Waals surface area contributed by atoms with Gasteiger partial charge in [-0.15, -0.1) is 0 Å². The average molecular weight is 262 g/mol. The number of ether oxygens (including phenoxy) is 1. The summed E-state index contributed by atoms with van der Waals surface area (Å²) in [6.07, 6.45) is 0. The predicted octanol–water partition coefficient (Wildman–Crippen LogP) is 1.44. The molecule has 0 radical (unpaired) electrons. The molecule has 5 nitrogen and oxygen atoms in total. The molecule has 0 saturated heterocycles. The highest BCUT2D eigenvalue weighted by molar-refractivity contribution is 9.10. The van der Waals surface area contributed by atoms with Crippen LogP contribution in [0, 0.1) is 0 Å². The standard InChI is InChI=1S/C8H8BrNO4/c1-14-7-4(9)2-3(8(12)13)6(11)5(7)10/h2,11H,10H2,1H3,(H,12,13). The van der Waals surface area contributed by atoms with Gasteiger partial charge in [-0.2, -0.15) is 0 Å². The number of rotatable bonds is 2. The molecule has 0 atom stereocenters. The third-order valence-corrected chi connectivity index (χ3v) is 2.27. The van der Waals surface area contributed by atoms with E-state index in [1.165, 1.54) is 13.2 Å². The van der Waals surface area contributed by atoms with E-state index in [4.69, 9.17) is 15.6 Å². The summed E-state index contributed by atoms with van der Waals surface area (Å²) in [7, 11) is 1.37. The minimum Gasteiger partial charge on any atom is -0.505 e. The summed E-state index contributed by atoms with van der Waals surface area (Å²) in [6, 6.07) is 1.23. The second kappa shape index (κ2) is 3.75. The number of carboxylic acids is 1. The van der Waals surface area contributed by atoms with Crippen molar-refractivity contribution >= 4 is 27.6 Å². The fraction of sp³-hybridized carbons (Fsp3) is 0.125. The van der Waals surface area contributed by atoms with Gasteiger partial charge in [-0.05, 0) is 22.0 Å². The molecule has 4 N–H and O–H groups in total. The second-order valence-electron chi connectivity index (χ2n) is 2.51. The van der Waals surface area contributed by atoms with Gasteiger partial charge in [0.1, 0.15) is 11.3 Å². The molecule has 0 unspecified atom stereocenters. The number of anilines is 1. The Hall–Kier alpha value is -1.43. The van der Waals surface area contributed by atoms with E-state index in [0.29, 0.717) is 4.47 Å². The molecule has 1 aromatic carbocycles. The number of halogens is 1. The van der Waals surface area contributed by atoms with Crippen molar-refractivity contribution < 1.29 is 19.7 Å². The van der Waals surface area contributed by atoms with Gasteiger partial charge in [-0.25, -0.2) is 4.79 Å². The molecular weight excluding hydrogens is 254 g/mol. The average Bonchev–Trinajstić information content (AvgIpc) is 2.12. The maximum atomic E-state index is 10.6. The zero-order valence-corrected chi connectivity index (χ0v) is 8.83. The second-order valence-corrected chi connectivity index (χ2v) is 3.36. The maximum Gasteiger partial charge on any atom is 0.339 e. The number of carbonyl (C=O) groups is 1. The van der Waals surface area contributed by atoms with Crippen molar-refractivity contribution in [2.75, 3.05) is 12.8 Å². The van der Waals surface area contributed by atoms with Gasteiger partial charge in [-0.3, -0.25) is 0 Å². The van der Waals surface area contributed by atoms with E-state index >= 15 is 0 Å². The molecule has 6 heteroatoms. The Labute approximate surface area is 88.2 Å². The summed E-state index contributed by atoms with van der Waals surface area (Å²) in [4.78, 5) is 10.6. The molecule has 0 heterocycles. The molecule has 0 saturated carbocycles. The van der Waals surface area contributed by atoms with Crippen molar-refractivity contribution in [3.8, 4) is 11.5 Å². The minimum atomic E-state index is -1.25. The molecule has 0 amide bonds. The third-order valence-electron chi connectivity index (χ3n) is 1.68. The number of phenols is 1. The van der Waals surface area contributed by atoms with Crippen LogP contribution in [0.4, 0.5) is 5.69 Å². The molecule has 0 aliphatic carbocycles. The van der Waals surface area contributed by atoms with Crippen LogP contribution in [0.5, 0.6) is 11.5 Å². The summed E-state index contributed by atoms with van der Waals surface area (Å²) < 4.78 is 5.25. The molecule has 0 aromatic heterocycles. The maximum absolute atomic E-state index is 10.6. The number of aromatic hydroxyl groups is 1. The molecule has 0 aliphatic heterocycles. The van der Waals surface area contributed by atoms with Gasteiger partial charge < -0.3 is 20.7 Å². The van der Waals surface area contributed by atoms with E-state index in [-0.39, 0.29) is 17.0 Å². The monoisotopic (exact) mass is 261 g/mol. The lowest BCUT2D eigenvalue weighted by molar-refractivity contribution is 0.0693. The van der Waals surface area contributed by atoms with Crippen molar-refractivity contribution in [1.82, 2.24) is 0 Å². The summed E-state index contributed by atoms with van der Waals surface area (Å²) in [5, 5.41) is 18.1. The molecule has 1 rings (SSSR count). The number of nitrogen functional groups attached to an aromatic ring is 1. The Morgan fingerprint density at radius 2 is 2.21 bits per heavy atom. The lowest BCUT2D eigenvalue weighted by atomic mass is 10.1. The van der Waals surface area contributed by atoms with E-state index in [9.17, 15) is 9.90 Å². The quantitative estimate of drug-likeness (QED) is 0.554. The van der Waals surface area contributed by atoms with Crippen molar-refractivity contribution in [3.63, 3.8) is 0 Å². The van der Waals surface area contributed by atoms with Gasteiger partial charge >= 0.3 is 5.97 Å². The molecule has 1 aromatic rings. The van der Waals surface area contributed by atoms with E-state index in [2.05, 4.69) is 15.9 Å².